The second kappa shape index (κ2) is 7.21. The number of halogens is 2. The number of hydrogen-bond donors (Lipinski definition) is 1. The maximum Gasteiger partial charge on any atom is 0.264 e. The van der Waals surface area contributed by atoms with Crippen molar-refractivity contribution in [1.29, 1.82) is 0 Å². The van der Waals surface area contributed by atoms with E-state index in [-0.39, 0.29) is 11.4 Å². The van der Waals surface area contributed by atoms with Gasteiger partial charge in [0.1, 0.15) is 11.6 Å². The SMILES string of the molecule is CCCc1nc(CSc2cccc(F)c2)[nH]c(=O)c1I. The van der Waals surface area contributed by atoms with Crippen LogP contribution in [0.25, 0.3) is 0 Å². The van der Waals surface area contributed by atoms with E-state index in [9.17, 15) is 9.18 Å². The van der Waals surface area contributed by atoms with E-state index in [1.807, 2.05) is 28.7 Å². The summed E-state index contributed by atoms with van der Waals surface area (Å²) in [5.41, 5.74) is 0.741. The Morgan fingerprint density at radius 2 is 2.25 bits per heavy atom. The van der Waals surface area contributed by atoms with E-state index < -0.39 is 0 Å². The van der Waals surface area contributed by atoms with Crippen LogP contribution in [0.1, 0.15) is 24.9 Å². The minimum atomic E-state index is -0.259. The lowest BCUT2D eigenvalue weighted by Crippen LogP contribution is -2.17. The van der Waals surface area contributed by atoms with Crippen LogP contribution in [0.3, 0.4) is 0 Å². The van der Waals surface area contributed by atoms with E-state index in [0.717, 1.165) is 23.4 Å². The number of aromatic amines is 1. The number of thioether (sulfide) groups is 1. The van der Waals surface area contributed by atoms with Crippen LogP contribution in [0.5, 0.6) is 0 Å². The van der Waals surface area contributed by atoms with Crippen molar-refractivity contribution in [3.05, 3.63) is 55.5 Å². The number of benzene rings is 1. The molecular formula is C14H14FIN2OS. The van der Waals surface area contributed by atoms with Gasteiger partial charge in [0.2, 0.25) is 0 Å². The predicted molar refractivity (Wildman–Crippen MR) is 87.5 cm³/mol. The number of H-pyrrole nitrogens is 1. The molecule has 0 aliphatic rings. The molecule has 0 amide bonds. The molecule has 106 valence electrons. The van der Waals surface area contributed by atoms with E-state index in [1.165, 1.54) is 23.9 Å². The van der Waals surface area contributed by atoms with Gasteiger partial charge < -0.3 is 4.98 Å². The van der Waals surface area contributed by atoms with Gasteiger partial charge in [-0.25, -0.2) is 9.37 Å². The Kier molecular flexibility index (Phi) is 5.59. The van der Waals surface area contributed by atoms with Crippen LogP contribution >= 0.6 is 34.4 Å². The maximum atomic E-state index is 13.1. The molecule has 0 saturated heterocycles. The minimum absolute atomic E-state index is 0.0982. The predicted octanol–water partition coefficient (Wildman–Crippen LogP) is 3.76. The summed E-state index contributed by atoms with van der Waals surface area (Å²) in [5.74, 6) is 0.894. The zero-order chi connectivity index (χ0) is 14.5. The molecule has 0 bridgehead atoms. The van der Waals surface area contributed by atoms with Crippen molar-refractivity contribution >= 4 is 34.4 Å². The Labute approximate surface area is 134 Å². The summed E-state index contributed by atoms with van der Waals surface area (Å²) in [6, 6.07) is 6.40. The van der Waals surface area contributed by atoms with Gasteiger partial charge in [0.05, 0.1) is 15.0 Å². The molecule has 0 unspecified atom stereocenters. The van der Waals surface area contributed by atoms with Gasteiger partial charge in [-0.05, 0) is 47.2 Å². The molecule has 1 heterocycles. The Morgan fingerprint density at radius 3 is 2.95 bits per heavy atom. The van der Waals surface area contributed by atoms with Gasteiger partial charge in [0.25, 0.3) is 5.56 Å². The fourth-order valence-corrected chi connectivity index (χ4v) is 3.07. The Bertz CT molecular complexity index is 660. The number of aryl methyl sites for hydroxylation is 1. The molecule has 0 fully saturated rings. The van der Waals surface area contributed by atoms with Crippen molar-refractivity contribution < 1.29 is 4.39 Å². The van der Waals surface area contributed by atoms with Gasteiger partial charge in [0.15, 0.2) is 0 Å². The molecule has 20 heavy (non-hydrogen) atoms. The first-order valence-corrected chi connectivity index (χ1v) is 8.32. The molecule has 0 aliphatic heterocycles. The zero-order valence-corrected chi connectivity index (χ0v) is 13.9. The van der Waals surface area contributed by atoms with E-state index in [1.54, 1.807) is 6.07 Å². The molecule has 0 aliphatic carbocycles. The molecule has 6 heteroatoms. The summed E-state index contributed by atoms with van der Waals surface area (Å²) in [4.78, 5) is 19.9. The third-order valence-electron chi connectivity index (χ3n) is 2.64. The highest BCUT2D eigenvalue weighted by molar-refractivity contribution is 14.1. The van der Waals surface area contributed by atoms with E-state index in [0.29, 0.717) is 15.1 Å². The fourth-order valence-electron chi connectivity index (χ4n) is 1.74. The lowest BCUT2D eigenvalue weighted by molar-refractivity contribution is 0.624. The number of rotatable bonds is 5. The number of nitrogens with one attached hydrogen (secondary N) is 1. The second-order valence-corrected chi connectivity index (χ2v) is 6.40. The standard InChI is InChI=1S/C14H14FIN2OS/c1-2-4-11-13(16)14(19)18-12(17-11)8-20-10-6-3-5-9(15)7-10/h3,5-7H,2,4,8H2,1H3,(H,17,18,19). The van der Waals surface area contributed by atoms with Gasteiger partial charge >= 0.3 is 0 Å². The van der Waals surface area contributed by atoms with Gasteiger partial charge in [0, 0.05) is 4.90 Å². The normalized spacial score (nSPS) is 10.8. The van der Waals surface area contributed by atoms with E-state index in [4.69, 9.17) is 0 Å². The van der Waals surface area contributed by atoms with Crippen LogP contribution in [0.2, 0.25) is 0 Å². The van der Waals surface area contributed by atoms with E-state index in [2.05, 4.69) is 16.9 Å². The molecule has 0 saturated carbocycles. The van der Waals surface area contributed by atoms with Crippen molar-refractivity contribution in [2.24, 2.45) is 0 Å². The van der Waals surface area contributed by atoms with Gasteiger partial charge in [-0.3, -0.25) is 4.79 Å². The molecule has 2 rings (SSSR count). The lowest BCUT2D eigenvalue weighted by atomic mass is 10.2. The maximum absolute atomic E-state index is 13.1. The monoisotopic (exact) mass is 404 g/mol. The third-order valence-corrected chi connectivity index (χ3v) is 4.76. The highest BCUT2D eigenvalue weighted by Crippen LogP contribution is 2.22. The fraction of sp³-hybridized carbons (Fsp3) is 0.286. The molecule has 3 nitrogen and oxygen atoms in total. The minimum Gasteiger partial charge on any atom is -0.309 e. The third kappa shape index (κ3) is 4.05. The smallest absolute Gasteiger partial charge is 0.264 e. The molecular weight excluding hydrogens is 390 g/mol. The Morgan fingerprint density at radius 1 is 1.45 bits per heavy atom. The number of aromatic nitrogens is 2. The van der Waals surface area contributed by atoms with Crippen molar-refractivity contribution in [3.63, 3.8) is 0 Å². The number of nitrogens with zero attached hydrogens (tertiary/aromatic N) is 1. The molecule has 0 radical (unpaired) electrons. The topological polar surface area (TPSA) is 45.8 Å². The highest BCUT2D eigenvalue weighted by Gasteiger charge is 2.08. The van der Waals surface area contributed by atoms with Crippen LogP contribution < -0.4 is 5.56 Å². The van der Waals surface area contributed by atoms with Gasteiger partial charge in [-0.2, -0.15) is 0 Å². The Balaban J connectivity index is 2.15. The summed E-state index contributed by atoms with van der Waals surface area (Å²) >= 11 is 3.48. The summed E-state index contributed by atoms with van der Waals surface area (Å²) in [5, 5.41) is 0. The molecule has 0 spiro atoms. The van der Waals surface area contributed by atoms with Crippen molar-refractivity contribution in [2.45, 2.75) is 30.4 Å². The van der Waals surface area contributed by atoms with Gasteiger partial charge in [-0.1, -0.05) is 19.4 Å². The molecule has 0 atom stereocenters. The summed E-state index contributed by atoms with van der Waals surface area (Å²) in [6.07, 6.45) is 1.74. The average molecular weight is 404 g/mol. The van der Waals surface area contributed by atoms with Crippen LogP contribution in [-0.4, -0.2) is 9.97 Å². The first-order chi connectivity index (χ1) is 9.60. The molecule has 1 N–H and O–H groups in total. The van der Waals surface area contributed by atoms with Crippen molar-refractivity contribution in [1.82, 2.24) is 9.97 Å². The van der Waals surface area contributed by atoms with Crippen molar-refractivity contribution in [3.8, 4) is 0 Å². The summed E-state index contributed by atoms with van der Waals surface area (Å²) in [7, 11) is 0. The van der Waals surface area contributed by atoms with Crippen molar-refractivity contribution in [2.75, 3.05) is 0 Å². The molecule has 1 aromatic heterocycles. The highest BCUT2D eigenvalue weighted by atomic mass is 127. The largest absolute Gasteiger partial charge is 0.309 e. The van der Waals surface area contributed by atoms with Gasteiger partial charge in [-0.15, -0.1) is 11.8 Å². The number of hydrogen-bond acceptors (Lipinski definition) is 3. The second-order valence-electron chi connectivity index (χ2n) is 4.27. The van der Waals surface area contributed by atoms with Crippen LogP contribution in [-0.2, 0) is 12.2 Å². The quantitative estimate of drug-likeness (QED) is 0.610. The van der Waals surface area contributed by atoms with Crippen LogP contribution in [0, 0.1) is 9.39 Å². The summed E-state index contributed by atoms with van der Waals surface area (Å²) < 4.78 is 13.7. The van der Waals surface area contributed by atoms with E-state index >= 15 is 0 Å². The Hall–Kier alpha value is -0.890. The molecule has 2 aromatic rings. The first-order valence-electron chi connectivity index (χ1n) is 6.26. The average Bonchev–Trinajstić information content (AvgIpc) is 2.42. The zero-order valence-electron chi connectivity index (χ0n) is 11.0. The molecule has 1 aromatic carbocycles. The van der Waals surface area contributed by atoms with Crippen LogP contribution in [0.4, 0.5) is 4.39 Å². The lowest BCUT2D eigenvalue weighted by Gasteiger charge is -2.06. The summed E-state index contributed by atoms with van der Waals surface area (Å²) in [6.45, 7) is 2.06. The first kappa shape index (κ1) is 15.5. The van der Waals surface area contributed by atoms with Crippen LogP contribution in [0.15, 0.2) is 34.0 Å².